The molecule has 0 unspecified atom stereocenters. The molecule has 0 radical (unpaired) electrons. The summed E-state index contributed by atoms with van der Waals surface area (Å²) in [6.07, 6.45) is 1.85. The number of nitrogens with one attached hydrogen (secondary N) is 2. The average Bonchev–Trinajstić information content (AvgIpc) is 1.61. The zero-order chi connectivity index (χ0) is 4.83. The van der Waals surface area contributed by atoms with Crippen molar-refractivity contribution in [2.75, 3.05) is 0 Å². The van der Waals surface area contributed by atoms with E-state index >= 15 is 0 Å². The predicted molar refractivity (Wildman–Crippen MR) is 17.9 cm³/mol. The molecule has 0 aliphatic rings. The third kappa shape index (κ3) is 2.76. The summed E-state index contributed by atoms with van der Waals surface area (Å²) in [5.41, 5.74) is 3.79. The van der Waals surface area contributed by atoms with Crippen LogP contribution in [0.1, 0.15) is 0 Å². The van der Waals surface area contributed by atoms with Crippen LogP contribution in [-0.4, -0.2) is 6.41 Å². The average molecular weight is 85.1 g/mol. The van der Waals surface area contributed by atoms with Gasteiger partial charge in [-0.25, -0.2) is 5.43 Å². The van der Waals surface area contributed by atoms with Gasteiger partial charge in [0.1, 0.15) is 0 Å². The SMILES string of the molecule is N#CNNC=O. The largest absolute Gasteiger partial charge is 0.277 e. The van der Waals surface area contributed by atoms with E-state index in [1.54, 1.807) is 0 Å². The lowest BCUT2D eigenvalue weighted by Crippen LogP contribution is -2.24. The molecule has 0 spiro atoms. The highest BCUT2D eigenvalue weighted by Crippen LogP contribution is 1.24. The number of nitrogens with zero attached hydrogens (tertiary/aromatic N) is 1. The van der Waals surface area contributed by atoms with E-state index in [-0.39, 0.29) is 0 Å². The molecule has 1 amide bonds. The fourth-order valence-electron chi connectivity index (χ4n) is 0.0617. The van der Waals surface area contributed by atoms with Crippen LogP contribution in [0.5, 0.6) is 0 Å². The fraction of sp³-hybridized carbons (Fsp3) is 0. The molecule has 0 fully saturated rings. The highest BCUT2D eigenvalue weighted by Gasteiger charge is 1.61. The van der Waals surface area contributed by atoms with Crippen molar-refractivity contribution in [3.8, 4) is 6.19 Å². The lowest BCUT2D eigenvalue weighted by Gasteiger charge is -1.82. The molecular formula is C2H3N3O. The van der Waals surface area contributed by atoms with Crippen molar-refractivity contribution in [2.24, 2.45) is 0 Å². The van der Waals surface area contributed by atoms with Gasteiger partial charge in [-0.05, 0) is 0 Å². The van der Waals surface area contributed by atoms with Gasteiger partial charge in [-0.2, -0.15) is 5.26 Å². The first-order chi connectivity index (χ1) is 2.91. The number of nitriles is 1. The van der Waals surface area contributed by atoms with Crippen LogP contribution in [0.4, 0.5) is 0 Å². The zero-order valence-corrected chi connectivity index (χ0v) is 2.93. The van der Waals surface area contributed by atoms with Gasteiger partial charge in [-0.1, -0.05) is 0 Å². The number of rotatable bonds is 2. The van der Waals surface area contributed by atoms with Crippen LogP contribution in [0, 0.1) is 11.5 Å². The Kier molecular flexibility index (Phi) is 2.98. The van der Waals surface area contributed by atoms with Gasteiger partial charge < -0.3 is 0 Å². The molecule has 32 valence electrons. The van der Waals surface area contributed by atoms with Gasteiger partial charge in [0.2, 0.25) is 6.41 Å². The van der Waals surface area contributed by atoms with E-state index in [1.165, 1.54) is 6.19 Å². The molecule has 0 rings (SSSR count). The molecule has 0 aromatic heterocycles. The summed E-state index contributed by atoms with van der Waals surface area (Å²) in [5, 5.41) is 7.61. The molecular weight excluding hydrogens is 82.0 g/mol. The van der Waals surface area contributed by atoms with Gasteiger partial charge >= 0.3 is 0 Å². The van der Waals surface area contributed by atoms with Crippen molar-refractivity contribution in [3.63, 3.8) is 0 Å². The minimum absolute atomic E-state index is 0.378. The van der Waals surface area contributed by atoms with Crippen LogP contribution >= 0.6 is 0 Å². The molecule has 0 saturated heterocycles. The van der Waals surface area contributed by atoms with Gasteiger partial charge in [0.15, 0.2) is 6.19 Å². The zero-order valence-electron chi connectivity index (χ0n) is 2.93. The maximum atomic E-state index is 9.24. The quantitative estimate of drug-likeness (QED) is 0.144. The van der Waals surface area contributed by atoms with Gasteiger partial charge in [0.05, 0.1) is 0 Å². The molecule has 0 bridgehead atoms. The van der Waals surface area contributed by atoms with Crippen molar-refractivity contribution < 1.29 is 4.79 Å². The smallest absolute Gasteiger partial charge is 0.226 e. The van der Waals surface area contributed by atoms with E-state index in [9.17, 15) is 4.79 Å². The first-order valence-electron chi connectivity index (χ1n) is 1.25. The first-order valence-corrected chi connectivity index (χ1v) is 1.25. The lowest BCUT2D eigenvalue weighted by molar-refractivity contribution is -0.110. The second-order valence-corrected chi connectivity index (χ2v) is 0.499. The van der Waals surface area contributed by atoms with Crippen molar-refractivity contribution in [3.05, 3.63) is 0 Å². The van der Waals surface area contributed by atoms with Gasteiger partial charge in [-0.3, -0.25) is 10.2 Å². The standard InChI is InChI=1S/C2H3N3O/c3-1-4-5-2-6/h2,4H,(H,5,6). The summed E-state index contributed by atoms with van der Waals surface area (Å²) in [7, 11) is 0. The Morgan fingerprint density at radius 1 is 1.83 bits per heavy atom. The van der Waals surface area contributed by atoms with Crippen molar-refractivity contribution in [1.29, 1.82) is 5.26 Å². The Morgan fingerprint density at radius 3 is 2.67 bits per heavy atom. The highest BCUT2D eigenvalue weighted by atomic mass is 16.1. The van der Waals surface area contributed by atoms with Gasteiger partial charge in [-0.15, -0.1) is 0 Å². The van der Waals surface area contributed by atoms with E-state index in [0.717, 1.165) is 0 Å². The van der Waals surface area contributed by atoms with E-state index in [0.29, 0.717) is 6.41 Å². The molecule has 2 N–H and O–H groups in total. The molecule has 0 aliphatic carbocycles. The topological polar surface area (TPSA) is 64.9 Å². The minimum atomic E-state index is 0.378. The summed E-state index contributed by atoms with van der Waals surface area (Å²) in [5.74, 6) is 0. The molecule has 6 heavy (non-hydrogen) atoms. The third-order valence-electron chi connectivity index (χ3n) is 0.187. The number of amides is 1. The number of hydrazine groups is 1. The van der Waals surface area contributed by atoms with Gasteiger partial charge in [0, 0.05) is 0 Å². The van der Waals surface area contributed by atoms with Crippen LogP contribution in [-0.2, 0) is 4.79 Å². The lowest BCUT2D eigenvalue weighted by atomic mass is 11.3. The second-order valence-electron chi connectivity index (χ2n) is 0.499. The normalized spacial score (nSPS) is 5.17. The van der Waals surface area contributed by atoms with E-state index in [2.05, 4.69) is 0 Å². The Labute approximate surface area is 34.7 Å². The molecule has 0 saturated carbocycles. The Hall–Kier alpha value is -1.24. The molecule has 0 atom stereocenters. The molecule has 4 nitrogen and oxygen atoms in total. The molecule has 0 aromatic rings. The summed E-state index contributed by atoms with van der Waals surface area (Å²) < 4.78 is 0. The van der Waals surface area contributed by atoms with E-state index < -0.39 is 0 Å². The number of carbonyl (C=O) groups is 1. The maximum Gasteiger partial charge on any atom is 0.226 e. The van der Waals surface area contributed by atoms with Crippen LogP contribution in [0.25, 0.3) is 0 Å². The van der Waals surface area contributed by atoms with Gasteiger partial charge in [0.25, 0.3) is 0 Å². The van der Waals surface area contributed by atoms with Crippen molar-refractivity contribution in [1.82, 2.24) is 10.9 Å². The summed E-state index contributed by atoms with van der Waals surface area (Å²) in [6, 6.07) is 0. The third-order valence-corrected chi connectivity index (χ3v) is 0.187. The van der Waals surface area contributed by atoms with Crippen LogP contribution in [0.3, 0.4) is 0 Å². The Balaban J connectivity index is 2.72. The predicted octanol–water partition coefficient (Wildman–Crippen LogP) is -1.28. The minimum Gasteiger partial charge on any atom is -0.277 e. The Bertz CT molecular complexity index is 73.4. The van der Waals surface area contributed by atoms with Crippen LogP contribution in [0.15, 0.2) is 0 Å². The molecule has 0 aliphatic heterocycles. The van der Waals surface area contributed by atoms with Crippen molar-refractivity contribution in [2.45, 2.75) is 0 Å². The first kappa shape index (κ1) is 4.76. The fourth-order valence-corrected chi connectivity index (χ4v) is 0.0617. The second kappa shape index (κ2) is 3.76. The van der Waals surface area contributed by atoms with Crippen LogP contribution < -0.4 is 10.9 Å². The summed E-state index contributed by atoms with van der Waals surface area (Å²) in [4.78, 5) is 9.24. The summed E-state index contributed by atoms with van der Waals surface area (Å²) in [6.45, 7) is 0. The molecule has 4 heteroatoms. The summed E-state index contributed by atoms with van der Waals surface area (Å²) >= 11 is 0. The molecule has 0 heterocycles. The maximum absolute atomic E-state index is 9.24. The number of hydrogen-bond donors (Lipinski definition) is 2. The van der Waals surface area contributed by atoms with Crippen molar-refractivity contribution >= 4 is 6.41 Å². The van der Waals surface area contributed by atoms with E-state index in [1.807, 2.05) is 10.9 Å². The van der Waals surface area contributed by atoms with E-state index in [4.69, 9.17) is 5.26 Å². The Morgan fingerprint density at radius 2 is 2.50 bits per heavy atom. The molecule has 0 aromatic carbocycles. The highest BCUT2D eigenvalue weighted by molar-refractivity contribution is 5.45. The number of hydrogen-bond acceptors (Lipinski definition) is 3. The van der Waals surface area contributed by atoms with Crippen LogP contribution in [0.2, 0.25) is 0 Å². The number of carbonyl (C=O) groups excluding carboxylic acids is 1. The monoisotopic (exact) mass is 85.0 g/mol.